The smallest absolute Gasteiger partial charge is 0.333 e. The van der Waals surface area contributed by atoms with Crippen LogP contribution in [0.25, 0.3) is 22.3 Å². The Bertz CT molecular complexity index is 1160. The van der Waals surface area contributed by atoms with Gasteiger partial charge in [0.05, 0.1) is 6.61 Å². The molecule has 0 spiro atoms. The van der Waals surface area contributed by atoms with Crippen molar-refractivity contribution in [2.24, 2.45) is 0 Å². The fourth-order valence-electron chi connectivity index (χ4n) is 4.58. The van der Waals surface area contributed by atoms with Gasteiger partial charge >= 0.3 is 5.97 Å². The number of esters is 1. The van der Waals surface area contributed by atoms with Crippen molar-refractivity contribution in [3.63, 3.8) is 0 Å². The second-order valence-corrected chi connectivity index (χ2v) is 9.51. The van der Waals surface area contributed by atoms with E-state index in [1.54, 1.807) is 6.92 Å². The van der Waals surface area contributed by atoms with Crippen molar-refractivity contribution < 1.29 is 14.6 Å². The minimum absolute atomic E-state index is 0.170. The summed E-state index contributed by atoms with van der Waals surface area (Å²) in [6.07, 6.45) is 6.99. The monoisotopic (exact) mass is 484 g/mol. The summed E-state index contributed by atoms with van der Waals surface area (Å²) >= 11 is 0. The quantitative estimate of drug-likeness (QED) is 0.155. The Morgan fingerprint density at radius 3 is 1.94 bits per heavy atom. The lowest BCUT2D eigenvalue weighted by Crippen LogP contribution is -2.08. The van der Waals surface area contributed by atoms with Crippen molar-refractivity contribution in [2.75, 3.05) is 13.2 Å². The third-order valence-electron chi connectivity index (χ3n) is 6.65. The normalized spacial score (nSPS) is 10.9. The summed E-state index contributed by atoms with van der Waals surface area (Å²) in [6, 6.07) is 22.0. The third-order valence-corrected chi connectivity index (χ3v) is 6.65. The van der Waals surface area contributed by atoms with E-state index in [4.69, 9.17) is 4.74 Å². The number of carbonyl (C=O) groups excluding carboxylic acids is 1. The Morgan fingerprint density at radius 2 is 1.39 bits per heavy atom. The van der Waals surface area contributed by atoms with Crippen LogP contribution in [0.5, 0.6) is 0 Å². The van der Waals surface area contributed by atoms with E-state index in [-0.39, 0.29) is 12.6 Å². The first-order valence-electron chi connectivity index (χ1n) is 13.2. The topological polar surface area (TPSA) is 46.5 Å². The van der Waals surface area contributed by atoms with Crippen LogP contribution in [0.3, 0.4) is 0 Å². The number of carbonyl (C=O) groups is 1. The first-order valence-corrected chi connectivity index (χ1v) is 13.2. The van der Waals surface area contributed by atoms with Crippen molar-refractivity contribution in [1.29, 1.82) is 0 Å². The van der Waals surface area contributed by atoms with E-state index in [2.05, 4.69) is 81.1 Å². The molecule has 0 fully saturated rings. The molecule has 0 heterocycles. The molecular weight excluding hydrogens is 444 g/mol. The summed E-state index contributed by atoms with van der Waals surface area (Å²) in [6.45, 7) is 10.3. The number of aliphatic hydroxyl groups excluding tert-OH is 1. The van der Waals surface area contributed by atoms with Crippen molar-refractivity contribution >= 4 is 5.97 Å². The van der Waals surface area contributed by atoms with Gasteiger partial charge in [-0.3, -0.25) is 0 Å². The van der Waals surface area contributed by atoms with Gasteiger partial charge in [0.1, 0.15) is 0 Å². The number of benzene rings is 3. The maximum absolute atomic E-state index is 11.9. The van der Waals surface area contributed by atoms with Crippen LogP contribution in [-0.2, 0) is 35.2 Å². The number of rotatable bonds is 13. The van der Waals surface area contributed by atoms with E-state index in [1.165, 1.54) is 58.2 Å². The lowest BCUT2D eigenvalue weighted by atomic mass is 9.91. The van der Waals surface area contributed by atoms with Gasteiger partial charge in [0.25, 0.3) is 0 Å². The highest BCUT2D eigenvalue weighted by Gasteiger charge is 2.11. The standard InChI is InChI=1S/C33H40O3/c1-5-7-8-9-25-10-17-32(30(23-25)19-21-36-33(35)24(3)4)29-14-12-28(13-15-29)31-16-11-26(18-20-34)22-27(31)6-2/h10-17,22-23,34H,3,5-9,18-21H2,1-2,4H3. The lowest BCUT2D eigenvalue weighted by molar-refractivity contribution is -0.138. The fourth-order valence-corrected chi connectivity index (χ4v) is 4.58. The first kappa shape index (κ1) is 27.4. The molecular formula is C33H40O3. The van der Waals surface area contributed by atoms with Crippen LogP contribution in [0.1, 0.15) is 62.3 Å². The predicted octanol–water partition coefficient (Wildman–Crippen LogP) is 7.51. The summed E-state index contributed by atoms with van der Waals surface area (Å²) < 4.78 is 5.41. The zero-order valence-electron chi connectivity index (χ0n) is 22.1. The van der Waals surface area contributed by atoms with Crippen LogP contribution in [-0.4, -0.2) is 24.3 Å². The van der Waals surface area contributed by atoms with Gasteiger partial charge in [0.15, 0.2) is 0 Å². The van der Waals surface area contributed by atoms with Gasteiger partial charge < -0.3 is 9.84 Å². The van der Waals surface area contributed by atoms with Crippen molar-refractivity contribution in [1.82, 2.24) is 0 Å². The number of hydrogen-bond acceptors (Lipinski definition) is 3. The highest BCUT2D eigenvalue weighted by atomic mass is 16.5. The molecule has 3 aromatic carbocycles. The second-order valence-electron chi connectivity index (χ2n) is 9.51. The lowest BCUT2D eigenvalue weighted by Gasteiger charge is -2.15. The van der Waals surface area contributed by atoms with Crippen LogP contribution in [0, 0.1) is 0 Å². The average molecular weight is 485 g/mol. The van der Waals surface area contributed by atoms with Crippen molar-refractivity contribution in [2.45, 2.75) is 65.7 Å². The number of aliphatic hydroxyl groups is 1. The SMILES string of the molecule is C=C(C)C(=O)OCCc1cc(CCCCC)ccc1-c1ccc(-c2ccc(CCO)cc2CC)cc1. The summed E-state index contributed by atoms with van der Waals surface area (Å²) in [5.41, 5.74) is 10.2. The molecule has 1 N–H and O–H groups in total. The Labute approximate surface area is 216 Å². The average Bonchev–Trinajstić information content (AvgIpc) is 2.89. The molecule has 0 aromatic heterocycles. The highest BCUT2D eigenvalue weighted by Crippen LogP contribution is 2.31. The minimum atomic E-state index is -0.336. The summed E-state index contributed by atoms with van der Waals surface area (Å²) in [5.74, 6) is -0.336. The molecule has 0 unspecified atom stereocenters. The molecule has 0 aliphatic rings. The van der Waals surface area contributed by atoms with Crippen LogP contribution in [0.15, 0.2) is 72.8 Å². The Morgan fingerprint density at radius 1 is 0.806 bits per heavy atom. The molecule has 3 rings (SSSR count). The molecule has 0 amide bonds. The molecule has 0 aliphatic carbocycles. The van der Waals surface area contributed by atoms with Gasteiger partial charge in [0.2, 0.25) is 0 Å². The van der Waals surface area contributed by atoms with Gasteiger partial charge in [-0.15, -0.1) is 0 Å². The molecule has 0 saturated carbocycles. The van der Waals surface area contributed by atoms with Crippen LogP contribution < -0.4 is 0 Å². The van der Waals surface area contributed by atoms with Gasteiger partial charge in [-0.2, -0.15) is 0 Å². The van der Waals surface area contributed by atoms with Crippen LogP contribution in [0.4, 0.5) is 0 Å². The van der Waals surface area contributed by atoms with Gasteiger partial charge in [-0.1, -0.05) is 93.9 Å². The molecule has 0 aliphatic heterocycles. The van der Waals surface area contributed by atoms with Gasteiger partial charge in [-0.25, -0.2) is 4.79 Å². The molecule has 0 saturated heterocycles. The molecule has 3 aromatic rings. The molecule has 0 radical (unpaired) electrons. The first-order chi connectivity index (χ1) is 17.5. The van der Waals surface area contributed by atoms with E-state index < -0.39 is 0 Å². The molecule has 36 heavy (non-hydrogen) atoms. The zero-order chi connectivity index (χ0) is 25.9. The van der Waals surface area contributed by atoms with Crippen molar-refractivity contribution in [3.8, 4) is 22.3 Å². The summed E-state index contributed by atoms with van der Waals surface area (Å²) in [5, 5.41) is 9.28. The maximum Gasteiger partial charge on any atom is 0.333 e. The second kappa shape index (κ2) is 13.8. The maximum atomic E-state index is 11.9. The number of ether oxygens (including phenoxy) is 1. The Kier molecular flexibility index (Phi) is 10.5. The Balaban J connectivity index is 1.87. The highest BCUT2D eigenvalue weighted by molar-refractivity contribution is 5.87. The van der Waals surface area contributed by atoms with E-state index >= 15 is 0 Å². The fraction of sp³-hybridized carbons (Fsp3) is 0.364. The number of hydrogen-bond donors (Lipinski definition) is 1. The molecule has 3 nitrogen and oxygen atoms in total. The van der Waals surface area contributed by atoms with Crippen LogP contribution >= 0.6 is 0 Å². The molecule has 3 heteroatoms. The summed E-state index contributed by atoms with van der Waals surface area (Å²) in [4.78, 5) is 11.9. The largest absolute Gasteiger partial charge is 0.462 e. The van der Waals surface area contributed by atoms with E-state index in [9.17, 15) is 9.90 Å². The van der Waals surface area contributed by atoms with Crippen LogP contribution in [0.2, 0.25) is 0 Å². The van der Waals surface area contributed by atoms with Crippen molar-refractivity contribution in [3.05, 3.63) is 95.1 Å². The van der Waals surface area contributed by atoms with E-state index in [1.807, 2.05) is 0 Å². The number of aryl methyl sites for hydroxylation is 2. The van der Waals surface area contributed by atoms with Gasteiger partial charge in [-0.05, 0) is 77.1 Å². The zero-order valence-corrected chi connectivity index (χ0v) is 22.1. The molecule has 190 valence electrons. The van der Waals surface area contributed by atoms with E-state index in [0.717, 1.165) is 18.4 Å². The number of unbranched alkanes of at least 4 members (excludes halogenated alkanes) is 2. The minimum Gasteiger partial charge on any atom is -0.462 e. The third kappa shape index (κ3) is 7.41. The van der Waals surface area contributed by atoms with E-state index in [0.29, 0.717) is 25.0 Å². The Hall–Kier alpha value is -3.17. The van der Waals surface area contributed by atoms with Gasteiger partial charge in [0, 0.05) is 18.6 Å². The molecule has 0 bridgehead atoms. The predicted molar refractivity (Wildman–Crippen MR) is 150 cm³/mol. The molecule has 0 atom stereocenters. The summed E-state index contributed by atoms with van der Waals surface area (Å²) in [7, 11) is 0.